The highest BCUT2D eigenvalue weighted by atomic mass is 35.5. The minimum absolute atomic E-state index is 0.00698. The van der Waals surface area contributed by atoms with Crippen LogP contribution in [0.2, 0.25) is 10.0 Å². The first-order valence-corrected chi connectivity index (χ1v) is 10.1. The molecule has 30 heavy (non-hydrogen) atoms. The molecule has 0 unspecified atom stereocenters. The summed E-state index contributed by atoms with van der Waals surface area (Å²) in [4.78, 5) is 40.7. The van der Waals surface area contributed by atoms with Gasteiger partial charge in [0.05, 0.1) is 34.5 Å². The minimum Gasteiger partial charge on any atom is -0.325 e. The highest BCUT2D eigenvalue weighted by Gasteiger charge is 2.30. The molecule has 0 bridgehead atoms. The van der Waals surface area contributed by atoms with Crippen LogP contribution in [0.1, 0.15) is 13.3 Å². The molecule has 1 heterocycles. The summed E-state index contributed by atoms with van der Waals surface area (Å²) in [6, 6.07) is 11.7. The van der Waals surface area contributed by atoms with E-state index in [4.69, 9.17) is 23.2 Å². The second-order valence-electron chi connectivity index (χ2n) is 7.23. The lowest BCUT2D eigenvalue weighted by Gasteiger charge is -2.29. The van der Waals surface area contributed by atoms with E-state index in [0.29, 0.717) is 27.1 Å². The number of carbonyl (C=O) groups excluding carboxylic acids is 3. The van der Waals surface area contributed by atoms with Crippen LogP contribution in [0.25, 0.3) is 0 Å². The molecule has 0 fully saturated rings. The van der Waals surface area contributed by atoms with Crippen LogP contribution in [0.15, 0.2) is 42.5 Å². The van der Waals surface area contributed by atoms with Crippen LogP contribution in [0.4, 0.5) is 17.1 Å². The van der Waals surface area contributed by atoms with Crippen LogP contribution in [-0.2, 0) is 14.4 Å². The number of amides is 3. The first kappa shape index (κ1) is 22.1. The Balaban J connectivity index is 1.65. The molecule has 2 aromatic rings. The number of nitrogens with one attached hydrogen (secondary N) is 2. The zero-order chi connectivity index (χ0) is 21.8. The molecule has 7 nitrogen and oxygen atoms in total. The zero-order valence-corrected chi connectivity index (χ0v) is 18.1. The number of rotatable bonds is 5. The van der Waals surface area contributed by atoms with Crippen LogP contribution in [0.3, 0.4) is 0 Å². The van der Waals surface area contributed by atoms with Gasteiger partial charge in [-0.15, -0.1) is 0 Å². The fraction of sp³-hybridized carbons (Fsp3) is 0.286. The third-order valence-electron chi connectivity index (χ3n) is 4.65. The molecular weight excluding hydrogens is 427 g/mol. The Morgan fingerprint density at radius 1 is 1.17 bits per heavy atom. The number of hydrogen-bond donors (Lipinski definition) is 2. The second-order valence-corrected chi connectivity index (χ2v) is 8.05. The zero-order valence-electron chi connectivity index (χ0n) is 16.6. The second kappa shape index (κ2) is 9.47. The molecule has 0 saturated carbocycles. The van der Waals surface area contributed by atoms with Crippen LogP contribution in [0, 0.1) is 0 Å². The SMILES string of the molecule is C[C@H]1CC(=O)Nc2ccccc2N1C(=O)CN(C)CC(=O)Nc1ccc(Cl)c(Cl)c1. The van der Waals surface area contributed by atoms with Crippen molar-refractivity contribution in [2.75, 3.05) is 35.7 Å². The van der Waals surface area contributed by atoms with Gasteiger partial charge in [0.2, 0.25) is 17.7 Å². The maximum absolute atomic E-state index is 13.0. The lowest BCUT2D eigenvalue weighted by atomic mass is 10.1. The van der Waals surface area contributed by atoms with Gasteiger partial charge in [-0.2, -0.15) is 0 Å². The molecule has 0 aromatic heterocycles. The number of nitrogens with zero attached hydrogens (tertiary/aromatic N) is 2. The summed E-state index contributed by atoms with van der Waals surface area (Å²) in [7, 11) is 1.68. The monoisotopic (exact) mass is 448 g/mol. The summed E-state index contributed by atoms with van der Waals surface area (Å²) in [6.07, 6.45) is 0.196. The Morgan fingerprint density at radius 2 is 1.90 bits per heavy atom. The predicted molar refractivity (Wildman–Crippen MR) is 119 cm³/mol. The van der Waals surface area contributed by atoms with E-state index in [1.165, 1.54) is 0 Å². The summed E-state index contributed by atoms with van der Waals surface area (Å²) in [5.74, 6) is -0.624. The third kappa shape index (κ3) is 5.30. The Labute approximate surface area is 184 Å². The molecule has 0 spiro atoms. The Morgan fingerprint density at radius 3 is 2.63 bits per heavy atom. The molecule has 0 saturated heterocycles. The van der Waals surface area contributed by atoms with E-state index < -0.39 is 0 Å². The van der Waals surface area contributed by atoms with Gasteiger partial charge >= 0.3 is 0 Å². The quantitative estimate of drug-likeness (QED) is 0.731. The van der Waals surface area contributed by atoms with Gasteiger partial charge in [-0.25, -0.2) is 0 Å². The maximum Gasteiger partial charge on any atom is 0.241 e. The average Bonchev–Trinajstić information content (AvgIpc) is 2.78. The average molecular weight is 449 g/mol. The molecular formula is C21H22Cl2N4O3. The molecule has 9 heteroatoms. The molecule has 0 radical (unpaired) electrons. The van der Waals surface area contributed by atoms with Crippen molar-refractivity contribution < 1.29 is 14.4 Å². The standard InChI is InChI=1S/C21H22Cl2N4O3/c1-13-9-19(28)25-17-5-3-4-6-18(17)27(13)21(30)12-26(2)11-20(29)24-14-7-8-15(22)16(23)10-14/h3-8,10,13H,9,11-12H2,1-2H3,(H,24,29)(H,25,28)/t13-/m0/s1. The van der Waals surface area contributed by atoms with E-state index in [9.17, 15) is 14.4 Å². The molecule has 3 rings (SSSR count). The van der Waals surface area contributed by atoms with Crippen molar-refractivity contribution in [3.8, 4) is 0 Å². The largest absolute Gasteiger partial charge is 0.325 e. The van der Waals surface area contributed by atoms with E-state index >= 15 is 0 Å². The Hall–Kier alpha value is -2.61. The highest BCUT2D eigenvalue weighted by molar-refractivity contribution is 6.42. The number of fused-ring (bicyclic) bond motifs is 1. The number of anilines is 3. The van der Waals surface area contributed by atoms with Gasteiger partial charge in [0.1, 0.15) is 0 Å². The normalized spacial score (nSPS) is 16.0. The van der Waals surface area contributed by atoms with Crippen molar-refractivity contribution in [1.82, 2.24) is 4.90 Å². The highest BCUT2D eigenvalue weighted by Crippen LogP contribution is 2.31. The number of likely N-dealkylation sites (N-methyl/N-ethyl adjacent to an activating group) is 1. The summed E-state index contributed by atoms with van der Waals surface area (Å²) >= 11 is 11.8. The van der Waals surface area contributed by atoms with E-state index in [1.54, 1.807) is 53.2 Å². The van der Waals surface area contributed by atoms with Crippen LogP contribution >= 0.6 is 23.2 Å². The molecule has 0 aliphatic carbocycles. The first-order chi connectivity index (χ1) is 14.2. The van der Waals surface area contributed by atoms with E-state index in [2.05, 4.69) is 10.6 Å². The predicted octanol–water partition coefficient (Wildman–Crippen LogP) is 3.63. The molecule has 1 aliphatic rings. The minimum atomic E-state index is -0.306. The number of benzene rings is 2. The molecule has 2 aromatic carbocycles. The van der Waals surface area contributed by atoms with Crippen molar-refractivity contribution in [3.63, 3.8) is 0 Å². The van der Waals surface area contributed by atoms with Crippen LogP contribution < -0.4 is 15.5 Å². The first-order valence-electron chi connectivity index (χ1n) is 9.39. The van der Waals surface area contributed by atoms with E-state index in [-0.39, 0.29) is 43.3 Å². The van der Waals surface area contributed by atoms with Gasteiger partial charge in [0, 0.05) is 18.2 Å². The van der Waals surface area contributed by atoms with Gasteiger partial charge in [0.25, 0.3) is 0 Å². The summed E-state index contributed by atoms with van der Waals surface area (Å²) in [5.41, 5.74) is 1.77. The van der Waals surface area contributed by atoms with Crippen molar-refractivity contribution in [2.45, 2.75) is 19.4 Å². The fourth-order valence-electron chi connectivity index (χ4n) is 3.35. The lowest BCUT2D eigenvalue weighted by Crippen LogP contribution is -2.45. The Kier molecular flexibility index (Phi) is 6.97. The molecule has 158 valence electrons. The Bertz CT molecular complexity index is 982. The number of para-hydroxylation sites is 2. The fourth-order valence-corrected chi connectivity index (χ4v) is 3.65. The van der Waals surface area contributed by atoms with Gasteiger partial charge in [0.15, 0.2) is 0 Å². The number of hydrogen-bond acceptors (Lipinski definition) is 4. The maximum atomic E-state index is 13.0. The van der Waals surface area contributed by atoms with Crippen molar-refractivity contribution in [3.05, 3.63) is 52.5 Å². The molecule has 3 amide bonds. The summed E-state index contributed by atoms with van der Waals surface area (Å²) in [5, 5.41) is 6.30. The van der Waals surface area contributed by atoms with Crippen LogP contribution in [-0.4, -0.2) is 48.8 Å². The number of carbonyl (C=O) groups is 3. The van der Waals surface area contributed by atoms with Gasteiger partial charge in [-0.05, 0) is 44.3 Å². The van der Waals surface area contributed by atoms with Crippen LogP contribution in [0.5, 0.6) is 0 Å². The molecule has 2 N–H and O–H groups in total. The van der Waals surface area contributed by atoms with Crippen molar-refractivity contribution in [1.29, 1.82) is 0 Å². The van der Waals surface area contributed by atoms with Gasteiger partial charge < -0.3 is 15.5 Å². The molecule has 1 atom stereocenters. The topological polar surface area (TPSA) is 81.8 Å². The van der Waals surface area contributed by atoms with Gasteiger partial charge in [-0.3, -0.25) is 19.3 Å². The smallest absolute Gasteiger partial charge is 0.241 e. The lowest BCUT2D eigenvalue weighted by molar-refractivity contribution is -0.121. The van der Waals surface area contributed by atoms with Crippen molar-refractivity contribution in [2.24, 2.45) is 0 Å². The molecule has 1 aliphatic heterocycles. The van der Waals surface area contributed by atoms with E-state index in [1.807, 2.05) is 13.0 Å². The summed E-state index contributed by atoms with van der Waals surface area (Å²) in [6.45, 7) is 1.85. The third-order valence-corrected chi connectivity index (χ3v) is 5.39. The number of halogens is 2. The van der Waals surface area contributed by atoms with E-state index in [0.717, 1.165) is 0 Å². The van der Waals surface area contributed by atoms with Crippen molar-refractivity contribution >= 4 is 58.0 Å². The van der Waals surface area contributed by atoms with Gasteiger partial charge in [-0.1, -0.05) is 35.3 Å². The summed E-state index contributed by atoms with van der Waals surface area (Å²) < 4.78 is 0.